The number of hydrogen-bond acceptors (Lipinski definition) is 7. The standard InChI is InChI=1S/C12H17N5O4/c1-2-13-10-9-11(15-5-14-10)17(12(20)16-9)8-3-6(19)7(4-18)21-8/h5-8,18-19H,2-4H2,1H3,(H,16,20)(H,13,14,15)/t6-,7?,8?/m1/s1. The SMILES string of the molecule is CCNc1ncnc2c1[nH]c(=O)n2C1C[C@@H](O)C(CO)O1. The van der Waals surface area contributed by atoms with Gasteiger partial charge < -0.3 is 25.3 Å². The summed E-state index contributed by atoms with van der Waals surface area (Å²) in [6.45, 7) is 2.28. The second-order valence-corrected chi connectivity index (χ2v) is 4.87. The molecule has 2 aromatic heterocycles. The highest BCUT2D eigenvalue weighted by Crippen LogP contribution is 2.30. The third-order valence-corrected chi connectivity index (χ3v) is 3.52. The Morgan fingerprint density at radius 2 is 2.38 bits per heavy atom. The number of anilines is 1. The van der Waals surface area contributed by atoms with Gasteiger partial charge in [0.15, 0.2) is 11.5 Å². The van der Waals surface area contributed by atoms with Gasteiger partial charge in [-0.2, -0.15) is 0 Å². The van der Waals surface area contributed by atoms with Crippen molar-refractivity contribution in [1.82, 2.24) is 19.5 Å². The fourth-order valence-electron chi connectivity index (χ4n) is 2.54. The Bertz CT molecular complexity index is 697. The van der Waals surface area contributed by atoms with Crippen LogP contribution in [0.3, 0.4) is 0 Å². The number of aliphatic hydroxyl groups excluding tert-OH is 2. The molecule has 9 nitrogen and oxygen atoms in total. The number of ether oxygens (including phenoxy) is 1. The lowest BCUT2D eigenvalue weighted by Crippen LogP contribution is -2.25. The second-order valence-electron chi connectivity index (χ2n) is 4.87. The minimum atomic E-state index is -0.813. The van der Waals surface area contributed by atoms with Crippen LogP contribution in [0.1, 0.15) is 19.6 Å². The first-order chi connectivity index (χ1) is 10.2. The maximum Gasteiger partial charge on any atom is 0.329 e. The third kappa shape index (κ3) is 2.28. The van der Waals surface area contributed by atoms with Crippen LogP contribution < -0.4 is 11.0 Å². The van der Waals surface area contributed by atoms with E-state index in [9.17, 15) is 9.90 Å². The fraction of sp³-hybridized carbons (Fsp3) is 0.583. The van der Waals surface area contributed by atoms with Crippen molar-refractivity contribution in [2.45, 2.75) is 31.8 Å². The first-order valence-corrected chi connectivity index (χ1v) is 6.79. The molecule has 1 fully saturated rings. The minimum absolute atomic E-state index is 0.221. The van der Waals surface area contributed by atoms with Gasteiger partial charge in [0.25, 0.3) is 0 Å². The van der Waals surface area contributed by atoms with Gasteiger partial charge in [-0.3, -0.25) is 0 Å². The molecule has 2 unspecified atom stereocenters. The molecule has 9 heteroatoms. The van der Waals surface area contributed by atoms with Gasteiger partial charge in [-0.15, -0.1) is 0 Å². The molecule has 0 aliphatic carbocycles. The van der Waals surface area contributed by atoms with Gasteiger partial charge in [-0.25, -0.2) is 19.3 Å². The summed E-state index contributed by atoms with van der Waals surface area (Å²) in [7, 11) is 0. The maximum atomic E-state index is 12.2. The van der Waals surface area contributed by atoms with Crippen LogP contribution in [0.25, 0.3) is 11.2 Å². The zero-order valence-corrected chi connectivity index (χ0v) is 11.5. The Balaban J connectivity index is 2.06. The first-order valence-electron chi connectivity index (χ1n) is 6.79. The summed E-state index contributed by atoms with van der Waals surface area (Å²) in [5.41, 5.74) is 0.511. The third-order valence-electron chi connectivity index (χ3n) is 3.52. The summed E-state index contributed by atoms with van der Waals surface area (Å²) in [5, 5.41) is 22.0. The summed E-state index contributed by atoms with van der Waals surface area (Å²) in [4.78, 5) is 23.1. The van der Waals surface area contributed by atoms with E-state index in [1.165, 1.54) is 10.9 Å². The van der Waals surface area contributed by atoms with Crippen molar-refractivity contribution in [3.63, 3.8) is 0 Å². The van der Waals surface area contributed by atoms with Crippen molar-refractivity contribution in [3.8, 4) is 0 Å². The van der Waals surface area contributed by atoms with Crippen LogP contribution in [0.2, 0.25) is 0 Å². The molecule has 0 bridgehead atoms. The minimum Gasteiger partial charge on any atom is -0.394 e. The van der Waals surface area contributed by atoms with Gasteiger partial charge in [-0.1, -0.05) is 0 Å². The number of aliphatic hydroxyl groups is 2. The lowest BCUT2D eigenvalue weighted by molar-refractivity contribution is -0.0441. The van der Waals surface area contributed by atoms with Crippen molar-refractivity contribution in [1.29, 1.82) is 0 Å². The molecule has 4 N–H and O–H groups in total. The summed E-state index contributed by atoms with van der Waals surface area (Å²) in [6, 6.07) is 0. The van der Waals surface area contributed by atoms with E-state index in [0.717, 1.165) is 0 Å². The summed E-state index contributed by atoms with van der Waals surface area (Å²) in [6.07, 6.45) is -0.589. The van der Waals surface area contributed by atoms with Crippen LogP contribution in [0.4, 0.5) is 5.82 Å². The number of nitrogens with one attached hydrogen (secondary N) is 2. The Labute approximate surface area is 119 Å². The molecule has 0 radical (unpaired) electrons. The van der Waals surface area contributed by atoms with E-state index in [4.69, 9.17) is 9.84 Å². The summed E-state index contributed by atoms with van der Waals surface area (Å²) >= 11 is 0. The normalized spacial score (nSPS) is 25.6. The van der Waals surface area contributed by atoms with Crippen molar-refractivity contribution >= 4 is 17.0 Å². The van der Waals surface area contributed by atoms with Crippen molar-refractivity contribution in [3.05, 3.63) is 16.8 Å². The van der Waals surface area contributed by atoms with Crippen LogP contribution in [0.5, 0.6) is 0 Å². The Hall–Kier alpha value is -1.97. The van der Waals surface area contributed by atoms with Crippen LogP contribution >= 0.6 is 0 Å². The highest BCUT2D eigenvalue weighted by molar-refractivity contribution is 5.82. The largest absolute Gasteiger partial charge is 0.394 e. The molecule has 0 aromatic carbocycles. The number of imidazole rings is 1. The van der Waals surface area contributed by atoms with Crippen molar-refractivity contribution in [2.75, 3.05) is 18.5 Å². The molecule has 3 rings (SSSR count). The van der Waals surface area contributed by atoms with E-state index in [0.29, 0.717) is 23.5 Å². The topological polar surface area (TPSA) is 125 Å². The van der Waals surface area contributed by atoms with Crippen molar-refractivity contribution < 1.29 is 14.9 Å². The van der Waals surface area contributed by atoms with Crippen LogP contribution in [0, 0.1) is 0 Å². The zero-order chi connectivity index (χ0) is 15.0. The average Bonchev–Trinajstić information content (AvgIpc) is 2.99. The molecule has 0 saturated carbocycles. The highest BCUT2D eigenvalue weighted by atomic mass is 16.5. The summed E-state index contributed by atoms with van der Waals surface area (Å²) < 4.78 is 6.86. The van der Waals surface area contributed by atoms with Gasteiger partial charge in [0.2, 0.25) is 0 Å². The molecule has 2 aromatic rings. The maximum absolute atomic E-state index is 12.2. The second kappa shape index (κ2) is 5.43. The molecular weight excluding hydrogens is 278 g/mol. The van der Waals surface area contributed by atoms with E-state index in [-0.39, 0.29) is 18.7 Å². The molecule has 1 aliphatic rings. The smallest absolute Gasteiger partial charge is 0.329 e. The number of rotatable bonds is 4. The Morgan fingerprint density at radius 3 is 3.05 bits per heavy atom. The average molecular weight is 295 g/mol. The van der Waals surface area contributed by atoms with Gasteiger partial charge >= 0.3 is 5.69 Å². The summed E-state index contributed by atoms with van der Waals surface area (Å²) in [5.74, 6) is 0.538. The van der Waals surface area contributed by atoms with Crippen molar-refractivity contribution in [2.24, 2.45) is 0 Å². The highest BCUT2D eigenvalue weighted by Gasteiger charge is 2.36. The molecule has 3 atom stereocenters. The number of nitrogens with zero attached hydrogens (tertiary/aromatic N) is 3. The first kappa shape index (κ1) is 14.0. The van der Waals surface area contributed by atoms with E-state index in [1.807, 2.05) is 6.92 Å². The number of aromatic amines is 1. The molecule has 114 valence electrons. The molecular formula is C12H17N5O4. The number of aromatic nitrogens is 4. The Morgan fingerprint density at radius 1 is 1.57 bits per heavy atom. The van der Waals surface area contributed by atoms with E-state index < -0.39 is 18.4 Å². The van der Waals surface area contributed by atoms with Gasteiger partial charge in [0.05, 0.1) is 12.7 Å². The monoisotopic (exact) mass is 295 g/mol. The molecule has 21 heavy (non-hydrogen) atoms. The molecule has 0 spiro atoms. The lowest BCUT2D eigenvalue weighted by atomic mass is 10.2. The van der Waals surface area contributed by atoms with Crippen LogP contribution in [-0.4, -0.2) is 55.1 Å². The number of fused-ring (bicyclic) bond motifs is 1. The predicted molar refractivity (Wildman–Crippen MR) is 73.9 cm³/mol. The lowest BCUT2D eigenvalue weighted by Gasteiger charge is -2.13. The van der Waals surface area contributed by atoms with Crippen LogP contribution in [0.15, 0.2) is 11.1 Å². The van der Waals surface area contributed by atoms with Crippen LogP contribution in [-0.2, 0) is 4.74 Å². The number of hydrogen-bond donors (Lipinski definition) is 4. The fourth-order valence-corrected chi connectivity index (χ4v) is 2.54. The molecule has 1 saturated heterocycles. The van der Waals surface area contributed by atoms with E-state index in [2.05, 4.69) is 20.3 Å². The van der Waals surface area contributed by atoms with E-state index >= 15 is 0 Å². The van der Waals surface area contributed by atoms with Gasteiger partial charge in [0, 0.05) is 13.0 Å². The zero-order valence-electron chi connectivity index (χ0n) is 11.5. The van der Waals surface area contributed by atoms with E-state index in [1.54, 1.807) is 0 Å². The molecule has 1 aliphatic heterocycles. The number of H-pyrrole nitrogens is 1. The van der Waals surface area contributed by atoms with Gasteiger partial charge in [-0.05, 0) is 6.92 Å². The molecule has 0 amide bonds. The Kier molecular flexibility index (Phi) is 3.62. The quantitative estimate of drug-likeness (QED) is 0.581. The predicted octanol–water partition coefficient (Wildman–Crippen LogP) is -0.808. The van der Waals surface area contributed by atoms with Gasteiger partial charge in [0.1, 0.15) is 24.2 Å². The molecule has 3 heterocycles.